The normalized spacial score (nSPS) is 17.6. The lowest BCUT2D eigenvalue weighted by Crippen LogP contribution is -2.37. The molecule has 3 nitrogen and oxygen atoms in total. The number of rotatable bonds is 5. The van der Waals surface area contributed by atoms with E-state index >= 15 is 0 Å². The van der Waals surface area contributed by atoms with Crippen LogP contribution in [-0.4, -0.2) is 25.0 Å². The molecule has 1 aliphatic rings. The predicted octanol–water partition coefficient (Wildman–Crippen LogP) is 2.19. The first kappa shape index (κ1) is 16.9. The summed E-state index contributed by atoms with van der Waals surface area (Å²) >= 11 is 0. The van der Waals surface area contributed by atoms with Gasteiger partial charge in [0.2, 0.25) is 5.91 Å². The van der Waals surface area contributed by atoms with Gasteiger partial charge in [0.05, 0.1) is 0 Å². The first-order valence-corrected chi connectivity index (χ1v) is 6.59. The maximum atomic E-state index is 13.3. The van der Waals surface area contributed by atoms with Crippen LogP contribution in [-0.2, 0) is 11.2 Å². The first-order valence-electron chi connectivity index (χ1n) is 6.59. The molecule has 1 heterocycles. The molecule has 0 aromatic heterocycles. The lowest BCUT2D eigenvalue weighted by Gasteiger charge is -2.11. The monoisotopic (exact) mass is 304 g/mol. The summed E-state index contributed by atoms with van der Waals surface area (Å²) < 4.78 is 26.3. The van der Waals surface area contributed by atoms with Gasteiger partial charge < -0.3 is 10.6 Å². The summed E-state index contributed by atoms with van der Waals surface area (Å²) in [6.07, 6.45) is 2.59. The maximum Gasteiger partial charge on any atom is 0.220 e. The van der Waals surface area contributed by atoms with E-state index in [1.54, 1.807) is 0 Å². The number of aryl methyl sites for hydroxylation is 1. The zero-order valence-electron chi connectivity index (χ0n) is 11.1. The third-order valence-corrected chi connectivity index (χ3v) is 3.34. The molecule has 1 unspecified atom stereocenters. The summed E-state index contributed by atoms with van der Waals surface area (Å²) in [6, 6.07) is 3.64. The molecule has 0 spiro atoms. The van der Waals surface area contributed by atoms with Crippen LogP contribution in [0.3, 0.4) is 0 Å². The van der Waals surface area contributed by atoms with Crippen LogP contribution >= 0.6 is 12.4 Å². The Hall–Kier alpha value is -1.20. The topological polar surface area (TPSA) is 41.1 Å². The van der Waals surface area contributed by atoms with Crippen LogP contribution in [0.25, 0.3) is 0 Å². The molecule has 1 amide bonds. The molecule has 0 aliphatic carbocycles. The van der Waals surface area contributed by atoms with Crippen molar-refractivity contribution in [3.8, 4) is 0 Å². The zero-order chi connectivity index (χ0) is 13.7. The van der Waals surface area contributed by atoms with E-state index in [1.165, 1.54) is 0 Å². The van der Waals surface area contributed by atoms with Crippen molar-refractivity contribution in [2.24, 2.45) is 0 Å². The third-order valence-electron chi connectivity index (χ3n) is 3.34. The second kappa shape index (κ2) is 8.17. The minimum Gasteiger partial charge on any atom is -0.355 e. The van der Waals surface area contributed by atoms with Crippen molar-refractivity contribution in [1.29, 1.82) is 0 Å². The summed E-state index contributed by atoms with van der Waals surface area (Å²) in [5, 5.41) is 6.09. The van der Waals surface area contributed by atoms with E-state index in [0.717, 1.165) is 37.6 Å². The Bertz CT molecular complexity index is 451. The molecule has 1 aromatic carbocycles. The number of carbonyl (C=O) groups excluding carboxylic acids is 1. The van der Waals surface area contributed by atoms with Crippen molar-refractivity contribution in [2.45, 2.75) is 31.7 Å². The quantitative estimate of drug-likeness (QED) is 0.875. The molecule has 2 N–H and O–H groups in total. The fourth-order valence-corrected chi connectivity index (χ4v) is 2.24. The van der Waals surface area contributed by atoms with Gasteiger partial charge in [0.15, 0.2) is 0 Å². The second-order valence-electron chi connectivity index (χ2n) is 4.83. The highest BCUT2D eigenvalue weighted by molar-refractivity contribution is 5.85. The summed E-state index contributed by atoms with van der Waals surface area (Å²) in [6.45, 7) is 1.60. The van der Waals surface area contributed by atoms with Gasteiger partial charge in [-0.25, -0.2) is 8.78 Å². The van der Waals surface area contributed by atoms with Crippen molar-refractivity contribution in [3.05, 3.63) is 35.4 Å². The molecular weight excluding hydrogens is 286 g/mol. The van der Waals surface area contributed by atoms with Crippen LogP contribution < -0.4 is 10.6 Å². The van der Waals surface area contributed by atoms with Gasteiger partial charge >= 0.3 is 0 Å². The molecule has 112 valence electrons. The van der Waals surface area contributed by atoms with Gasteiger partial charge in [-0.05, 0) is 49.6 Å². The molecule has 0 saturated carbocycles. The van der Waals surface area contributed by atoms with Crippen LogP contribution in [0.5, 0.6) is 0 Å². The van der Waals surface area contributed by atoms with Gasteiger partial charge in [-0.1, -0.05) is 0 Å². The van der Waals surface area contributed by atoms with E-state index in [4.69, 9.17) is 0 Å². The number of hydrogen-bond acceptors (Lipinski definition) is 2. The van der Waals surface area contributed by atoms with Gasteiger partial charge in [0.25, 0.3) is 0 Å². The highest BCUT2D eigenvalue weighted by Gasteiger charge is 2.14. The fraction of sp³-hybridized carbons (Fsp3) is 0.500. The maximum absolute atomic E-state index is 13.3. The standard InChI is InChI=1S/C14H18F2N2O.ClH/c15-11-4-5-13(16)10(8-11)3-6-14(19)18-9-12-2-1-7-17-12;/h4-5,8,12,17H,1-3,6-7,9H2,(H,18,19);1H. The average molecular weight is 305 g/mol. The Morgan fingerprint density at radius 1 is 1.40 bits per heavy atom. The van der Waals surface area contributed by atoms with Gasteiger partial charge in [-0.3, -0.25) is 4.79 Å². The number of carbonyl (C=O) groups is 1. The Morgan fingerprint density at radius 2 is 2.20 bits per heavy atom. The third kappa shape index (κ3) is 5.06. The molecule has 1 fully saturated rings. The molecule has 0 radical (unpaired) electrons. The number of nitrogens with one attached hydrogen (secondary N) is 2. The van der Waals surface area contributed by atoms with E-state index in [0.29, 0.717) is 12.6 Å². The van der Waals surface area contributed by atoms with E-state index in [2.05, 4.69) is 10.6 Å². The van der Waals surface area contributed by atoms with E-state index in [1.807, 2.05) is 0 Å². The van der Waals surface area contributed by atoms with Crippen LogP contribution in [0.15, 0.2) is 18.2 Å². The van der Waals surface area contributed by atoms with Crippen LogP contribution in [0.1, 0.15) is 24.8 Å². The predicted molar refractivity (Wildman–Crippen MR) is 76.0 cm³/mol. The lowest BCUT2D eigenvalue weighted by atomic mass is 10.1. The van der Waals surface area contributed by atoms with Crippen LogP contribution in [0, 0.1) is 11.6 Å². The Labute approximate surface area is 123 Å². The smallest absolute Gasteiger partial charge is 0.220 e. The van der Waals surface area contributed by atoms with E-state index < -0.39 is 11.6 Å². The number of amides is 1. The second-order valence-corrected chi connectivity index (χ2v) is 4.83. The molecule has 2 rings (SSSR count). The number of benzene rings is 1. The molecule has 1 aliphatic heterocycles. The van der Waals surface area contributed by atoms with Gasteiger partial charge in [-0.15, -0.1) is 12.4 Å². The summed E-state index contributed by atoms with van der Waals surface area (Å²) in [7, 11) is 0. The molecule has 6 heteroatoms. The largest absolute Gasteiger partial charge is 0.355 e. The molecule has 0 bridgehead atoms. The summed E-state index contributed by atoms with van der Waals surface area (Å²) in [5.41, 5.74) is 0.245. The van der Waals surface area contributed by atoms with Crippen molar-refractivity contribution in [3.63, 3.8) is 0 Å². The van der Waals surface area contributed by atoms with Gasteiger partial charge in [-0.2, -0.15) is 0 Å². The first-order chi connectivity index (χ1) is 9.15. The summed E-state index contributed by atoms with van der Waals surface area (Å²) in [5.74, 6) is -1.07. The van der Waals surface area contributed by atoms with Crippen molar-refractivity contribution in [2.75, 3.05) is 13.1 Å². The lowest BCUT2D eigenvalue weighted by molar-refractivity contribution is -0.121. The van der Waals surface area contributed by atoms with E-state index in [9.17, 15) is 13.6 Å². The average Bonchev–Trinajstić information content (AvgIpc) is 2.90. The molecular formula is C14H19ClF2N2O. The number of hydrogen-bond donors (Lipinski definition) is 2. The highest BCUT2D eigenvalue weighted by Crippen LogP contribution is 2.11. The molecule has 1 aromatic rings. The minimum absolute atomic E-state index is 0. The van der Waals surface area contributed by atoms with Gasteiger partial charge in [0.1, 0.15) is 11.6 Å². The molecule has 20 heavy (non-hydrogen) atoms. The highest BCUT2D eigenvalue weighted by atomic mass is 35.5. The molecule has 1 atom stereocenters. The summed E-state index contributed by atoms with van der Waals surface area (Å²) in [4.78, 5) is 11.6. The van der Waals surface area contributed by atoms with Gasteiger partial charge in [0, 0.05) is 19.0 Å². The van der Waals surface area contributed by atoms with Crippen molar-refractivity contribution in [1.82, 2.24) is 10.6 Å². The number of halogens is 3. The Balaban J connectivity index is 0.00000200. The Morgan fingerprint density at radius 3 is 2.90 bits per heavy atom. The van der Waals surface area contributed by atoms with E-state index in [-0.39, 0.29) is 36.7 Å². The zero-order valence-corrected chi connectivity index (χ0v) is 11.9. The van der Waals surface area contributed by atoms with Crippen LogP contribution in [0.4, 0.5) is 8.78 Å². The fourth-order valence-electron chi connectivity index (χ4n) is 2.24. The Kier molecular flexibility index (Phi) is 6.88. The minimum atomic E-state index is -0.480. The van der Waals surface area contributed by atoms with Crippen molar-refractivity contribution < 1.29 is 13.6 Å². The van der Waals surface area contributed by atoms with Crippen LogP contribution in [0.2, 0.25) is 0 Å². The molecule has 1 saturated heterocycles. The SMILES string of the molecule is Cl.O=C(CCc1cc(F)ccc1F)NCC1CCCN1. The van der Waals surface area contributed by atoms with Crippen molar-refractivity contribution >= 4 is 18.3 Å².